The van der Waals surface area contributed by atoms with E-state index in [4.69, 9.17) is 0 Å². The second-order valence-corrected chi connectivity index (χ2v) is 41.6. The van der Waals surface area contributed by atoms with Crippen LogP contribution < -0.4 is 0 Å². The monoisotopic (exact) mass is 1780 g/mol. The number of nitriles is 1. The van der Waals surface area contributed by atoms with Crippen molar-refractivity contribution >= 4 is 75.4 Å². The van der Waals surface area contributed by atoms with Gasteiger partial charge < -0.3 is 0 Å². The van der Waals surface area contributed by atoms with Crippen molar-refractivity contribution in [2.75, 3.05) is 0 Å². The maximum atomic E-state index is 9.69. The van der Waals surface area contributed by atoms with E-state index in [1.165, 1.54) is 298 Å². The standard InChI is InChI=1S/C140H89N/c1-138(2)113-72-60-86-26-16-17-31-95(86)125(113)106-67-68-109-128-112(71-75-116(138)131(106)128)137-123(101-35-21-18-32-98(101)119(132(109)137)87-27-12-8-13-28-87)91-54-46-83(47-55-91)82-44-52-90(53-45-82)122-102-36-22-23-37-103(102)124(136-111-70-74-114-130-104(64-66-108(127(111)130)134(122)136)96-61-58-93(76-117(96)139(114,3)4)80-24-10-7-11-25-80)92-56-48-84(49-57-92)81-42-50-89(51-43-81)121-100-34-20-19-33-99(100)120(88-29-14-9-15-30-88)135-110-69-73-115-129-105(63-65-107(126(110)129)133(121)135)97-62-59-94(77-118(97)140(115,5)6)85-40-38-79(78-141)39-41-85/h7-77H,1-6H3. The Hall–Kier alpha value is -17.4. The molecule has 0 saturated heterocycles. The molecule has 0 spiro atoms. The van der Waals surface area contributed by atoms with E-state index in [-0.39, 0.29) is 16.2 Å². The molecule has 24 aromatic rings. The van der Waals surface area contributed by atoms with Crippen LogP contribution in [0.2, 0.25) is 0 Å². The third-order valence-corrected chi connectivity index (χ3v) is 33.5. The predicted molar refractivity (Wildman–Crippen MR) is 594 cm³/mol. The molecule has 0 radical (unpaired) electrons. The minimum absolute atomic E-state index is 0.234. The average molecular weight is 1790 g/mol. The van der Waals surface area contributed by atoms with Gasteiger partial charge in [0.05, 0.1) is 11.6 Å². The normalized spacial score (nSPS) is 13.8. The maximum Gasteiger partial charge on any atom is 0.0991 e. The summed E-state index contributed by atoms with van der Waals surface area (Å²) in [5, 5.41) is 27.8. The lowest BCUT2D eigenvalue weighted by atomic mass is 9.67. The molecule has 1 heteroatoms. The molecule has 6 aliphatic rings. The second kappa shape index (κ2) is 29.1. The van der Waals surface area contributed by atoms with Gasteiger partial charge in [-0.1, -0.05) is 448 Å². The molecule has 0 atom stereocenters. The van der Waals surface area contributed by atoms with Crippen LogP contribution >= 0.6 is 0 Å². The minimum atomic E-state index is -0.315. The number of fused-ring (bicyclic) bond motifs is 20. The molecule has 0 amide bonds. The van der Waals surface area contributed by atoms with Gasteiger partial charge in [-0.15, -0.1) is 0 Å². The van der Waals surface area contributed by atoms with Crippen molar-refractivity contribution in [1.29, 1.82) is 5.26 Å². The Balaban J connectivity index is 0.549. The van der Waals surface area contributed by atoms with E-state index in [0.717, 1.165) is 22.3 Å². The zero-order valence-electron chi connectivity index (χ0n) is 78.9. The van der Waals surface area contributed by atoms with E-state index in [1.807, 2.05) is 12.1 Å². The van der Waals surface area contributed by atoms with E-state index >= 15 is 0 Å². The molecule has 0 aliphatic heterocycles. The van der Waals surface area contributed by atoms with Gasteiger partial charge in [0.25, 0.3) is 0 Å². The van der Waals surface area contributed by atoms with Crippen molar-refractivity contribution in [3.63, 3.8) is 0 Å². The fourth-order valence-electron chi connectivity index (χ4n) is 27.1. The zero-order valence-corrected chi connectivity index (χ0v) is 78.9. The molecular weight excluding hydrogens is 1700 g/mol. The second-order valence-electron chi connectivity index (χ2n) is 41.6. The van der Waals surface area contributed by atoms with Crippen molar-refractivity contribution in [3.05, 3.63) is 470 Å². The lowest BCUT2D eigenvalue weighted by Crippen LogP contribution is -2.23. The fourth-order valence-corrected chi connectivity index (χ4v) is 27.1. The molecule has 0 N–H and O–H groups in total. The van der Waals surface area contributed by atoms with Gasteiger partial charge in [0.15, 0.2) is 0 Å². The maximum absolute atomic E-state index is 9.69. The Morgan fingerprint density at radius 2 is 0.369 bits per heavy atom. The number of hydrogen-bond acceptors (Lipinski definition) is 1. The number of rotatable bonds is 10. The highest BCUT2D eigenvalue weighted by atomic mass is 14.5. The lowest BCUT2D eigenvalue weighted by Gasteiger charge is -2.36. The van der Waals surface area contributed by atoms with Crippen LogP contribution in [0, 0.1) is 11.3 Å². The first-order valence-corrected chi connectivity index (χ1v) is 49.7. The first-order chi connectivity index (χ1) is 69.2. The fraction of sp³-hybridized carbons (Fsp3) is 0.0643. The zero-order chi connectivity index (χ0) is 93.5. The van der Waals surface area contributed by atoms with Crippen LogP contribution in [-0.2, 0) is 16.2 Å². The predicted octanol–water partition coefficient (Wildman–Crippen LogP) is 38.2. The Morgan fingerprint density at radius 1 is 0.149 bits per heavy atom. The number of nitrogens with zero attached hydrogens (tertiary/aromatic N) is 1. The Labute approximate surface area is 819 Å². The third-order valence-electron chi connectivity index (χ3n) is 33.5. The van der Waals surface area contributed by atoms with Gasteiger partial charge >= 0.3 is 0 Å². The van der Waals surface area contributed by atoms with Gasteiger partial charge in [0.1, 0.15) is 0 Å². The summed E-state index contributed by atoms with van der Waals surface area (Å²) in [4.78, 5) is 0. The number of benzene rings is 24. The van der Waals surface area contributed by atoms with Gasteiger partial charge in [-0.25, -0.2) is 0 Å². The van der Waals surface area contributed by atoms with Crippen LogP contribution in [-0.4, -0.2) is 0 Å². The van der Waals surface area contributed by atoms with E-state index < -0.39 is 0 Å². The van der Waals surface area contributed by atoms with Crippen molar-refractivity contribution in [1.82, 2.24) is 0 Å². The van der Waals surface area contributed by atoms with Crippen LogP contribution in [0.5, 0.6) is 0 Å². The summed E-state index contributed by atoms with van der Waals surface area (Å²) < 4.78 is 0. The molecule has 0 unspecified atom stereocenters. The summed E-state index contributed by atoms with van der Waals surface area (Å²) >= 11 is 0. The van der Waals surface area contributed by atoms with E-state index in [2.05, 4.69) is 466 Å². The largest absolute Gasteiger partial charge is 0.192 e. The molecule has 0 fully saturated rings. The molecule has 0 heterocycles. The van der Waals surface area contributed by atoms with Crippen LogP contribution in [0.4, 0.5) is 0 Å². The smallest absolute Gasteiger partial charge is 0.0991 e. The molecule has 6 aliphatic carbocycles. The van der Waals surface area contributed by atoms with E-state index in [9.17, 15) is 5.26 Å². The molecule has 24 aromatic carbocycles. The highest BCUT2D eigenvalue weighted by Gasteiger charge is 2.44. The summed E-state index contributed by atoms with van der Waals surface area (Å²) in [6, 6.07) is 167. The van der Waals surface area contributed by atoms with Gasteiger partial charge in [0.2, 0.25) is 0 Å². The topological polar surface area (TPSA) is 23.8 Å². The van der Waals surface area contributed by atoms with Crippen molar-refractivity contribution in [3.8, 4) is 217 Å². The molecule has 654 valence electrons. The first kappa shape index (κ1) is 79.8. The molecule has 30 rings (SSSR count). The third kappa shape index (κ3) is 10.9. The van der Waals surface area contributed by atoms with Gasteiger partial charge in [0, 0.05) is 16.2 Å². The summed E-state index contributed by atoms with van der Waals surface area (Å²) in [5.41, 5.74) is 55.5. The summed E-state index contributed by atoms with van der Waals surface area (Å²) in [5.74, 6) is 0. The summed E-state index contributed by atoms with van der Waals surface area (Å²) in [6.07, 6.45) is 0. The van der Waals surface area contributed by atoms with Crippen LogP contribution in [0.15, 0.2) is 431 Å². The number of hydrogen-bond donors (Lipinski definition) is 0. The van der Waals surface area contributed by atoms with Gasteiger partial charge in [-0.2, -0.15) is 5.26 Å². The Bertz CT molecular complexity index is 9730. The Kier molecular flexibility index (Phi) is 16.5. The molecule has 0 bridgehead atoms. The summed E-state index contributed by atoms with van der Waals surface area (Å²) in [7, 11) is 0. The van der Waals surface area contributed by atoms with Crippen LogP contribution in [0.25, 0.3) is 287 Å². The van der Waals surface area contributed by atoms with Crippen molar-refractivity contribution < 1.29 is 0 Å². The van der Waals surface area contributed by atoms with Crippen molar-refractivity contribution in [2.45, 2.75) is 57.8 Å². The molecule has 0 saturated carbocycles. The average Bonchev–Trinajstić information content (AvgIpc) is 1.52. The quantitative estimate of drug-likeness (QED) is 0.134. The van der Waals surface area contributed by atoms with E-state index in [0.29, 0.717) is 5.56 Å². The minimum Gasteiger partial charge on any atom is -0.192 e. The first-order valence-electron chi connectivity index (χ1n) is 49.7. The van der Waals surface area contributed by atoms with E-state index in [1.54, 1.807) is 0 Å². The SMILES string of the molecule is CC1(C)c2cc(-c3ccc(C#N)cc3)ccc2-c2ccc3c4c(ccc1c24)-c1c-3c(-c2ccc(-c3ccc(-c4c5c(c(-c6ccc(-c7ccc(-c8c9c(c(-c%10ccccc%10)c%10ccccc8%10)-c8ccc%10c%11c(ccc-9c8%11)C(C)(C)c8ccc9ccccc9c8-%10)cc7)cc6)c6ccccc46)-c4ccc6c7c(ccc-5c47)C(C)(C)c4cc(-c5ccccc5)ccc4-6)cc3)cc2)c2ccccc2c1-c1ccccc1. The molecule has 0 aromatic heterocycles. The highest BCUT2D eigenvalue weighted by molar-refractivity contribution is 6.34. The molecule has 1 nitrogen and oxygen atoms in total. The molecule has 141 heavy (non-hydrogen) atoms. The molecular formula is C140H89N. The van der Waals surface area contributed by atoms with Crippen molar-refractivity contribution in [2.24, 2.45) is 0 Å². The van der Waals surface area contributed by atoms with Crippen LogP contribution in [0.1, 0.15) is 80.5 Å². The Morgan fingerprint density at radius 3 is 0.702 bits per heavy atom. The van der Waals surface area contributed by atoms with Gasteiger partial charge in [-0.05, 0) is 344 Å². The van der Waals surface area contributed by atoms with Crippen LogP contribution in [0.3, 0.4) is 0 Å². The summed E-state index contributed by atoms with van der Waals surface area (Å²) in [6.45, 7) is 14.6. The van der Waals surface area contributed by atoms with Gasteiger partial charge in [-0.3, -0.25) is 0 Å². The lowest BCUT2D eigenvalue weighted by molar-refractivity contribution is 0.645. The highest BCUT2D eigenvalue weighted by Crippen LogP contribution is 2.68.